The average Bonchev–Trinajstić information content (AvgIpc) is 3.04. The topological polar surface area (TPSA) is 147 Å². The van der Waals surface area contributed by atoms with Crippen molar-refractivity contribution in [3.8, 4) is 0 Å². The van der Waals surface area contributed by atoms with Crippen molar-refractivity contribution in [1.29, 1.82) is 0 Å². The first-order valence-electron chi connectivity index (χ1n) is 10.6. The lowest BCUT2D eigenvalue weighted by Gasteiger charge is -2.30. The van der Waals surface area contributed by atoms with E-state index in [-0.39, 0.29) is 23.4 Å². The van der Waals surface area contributed by atoms with E-state index in [0.29, 0.717) is 12.1 Å². The number of nitrogens with one attached hydrogen (secondary N) is 2. The molecule has 4 amide bonds. The van der Waals surface area contributed by atoms with Crippen LogP contribution in [0.3, 0.4) is 0 Å². The largest absolute Gasteiger partial charge is 0.368 e. The highest BCUT2D eigenvalue weighted by Gasteiger charge is 2.45. The third-order valence-electron chi connectivity index (χ3n) is 5.85. The zero-order chi connectivity index (χ0) is 24.2. The standard InChI is InChI=1S/C22H32N6O4/c1-11(2)16(26-20(30)15-9-24-7-8-25-15)21(31)27-17(12(3)4)22(32)28-10-13(5)14(6)18(28)19(23)29/h7-9,11,13-14,16-18H,3,10H2,1-2,4-6H3,(H2,23,29)(H,26,30)(H,27,31)/t13-,14-,16-,17-,18-/m0/s1. The Balaban J connectivity index is 2.20. The van der Waals surface area contributed by atoms with Crippen molar-refractivity contribution in [3.05, 3.63) is 36.4 Å². The molecule has 174 valence electrons. The minimum atomic E-state index is -1.06. The van der Waals surface area contributed by atoms with E-state index in [0.717, 1.165) is 0 Å². The average molecular weight is 445 g/mol. The molecule has 1 aliphatic rings. The van der Waals surface area contributed by atoms with Gasteiger partial charge in [-0.25, -0.2) is 4.98 Å². The van der Waals surface area contributed by atoms with Crippen LogP contribution in [0.25, 0.3) is 0 Å². The zero-order valence-electron chi connectivity index (χ0n) is 19.2. The van der Waals surface area contributed by atoms with E-state index in [1.165, 1.54) is 23.5 Å². The van der Waals surface area contributed by atoms with Crippen molar-refractivity contribution in [2.75, 3.05) is 6.54 Å². The normalized spacial score (nSPS) is 22.2. The number of carbonyl (C=O) groups is 4. The van der Waals surface area contributed by atoms with Gasteiger partial charge in [-0.1, -0.05) is 34.3 Å². The molecule has 32 heavy (non-hydrogen) atoms. The SMILES string of the molecule is C=C(C)[C@H](NC(=O)[C@@H](NC(=O)c1cnccn1)C(C)C)C(=O)N1C[C@H](C)[C@H](C)[C@H]1C(N)=O. The van der Waals surface area contributed by atoms with E-state index >= 15 is 0 Å². The Morgan fingerprint density at radius 3 is 2.34 bits per heavy atom. The number of primary amides is 1. The number of aromatic nitrogens is 2. The second kappa shape index (κ2) is 10.3. The molecule has 4 N–H and O–H groups in total. The van der Waals surface area contributed by atoms with Gasteiger partial charge < -0.3 is 21.3 Å². The maximum absolute atomic E-state index is 13.3. The van der Waals surface area contributed by atoms with Crippen LogP contribution in [0.5, 0.6) is 0 Å². The fraction of sp³-hybridized carbons (Fsp3) is 0.545. The summed E-state index contributed by atoms with van der Waals surface area (Å²) >= 11 is 0. The highest BCUT2D eigenvalue weighted by Crippen LogP contribution is 2.30. The summed E-state index contributed by atoms with van der Waals surface area (Å²) in [6.07, 6.45) is 4.11. The molecule has 0 saturated carbocycles. The highest BCUT2D eigenvalue weighted by molar-refractivity contribution is 5.98. The van der Waals surface area contributed by atoms with Gasteiger partial charge in [-0.2, -0.15) is 0 Å². The van der Waals surface area contributed by atoms with Crippen molar-refractivity contribution in [2.45, 2.75) is 52.7 Å². The van der Waals surface area contributed by atoms with Crippen molar-refractivity contribution in [3.63, 3.8) is 0 Å². The van der Waals surface area contributed by atoms with Crippen LogP contribution >= 0.6 is 0 Å². The Morgan fingerprint density at radius 1 is 1.19 bits per heavy atom. The molecule has 1 fully saturated rings. The summed E-state index contributed by atoms with van der Waals surface area (Å²) in [4.78, 5) is 60.0. The van der Waals surface area contributed by atoms with Crippen molar-refractivity contribution < 1.29 is 19.2 Å². The molecule has 0 bridgehead atoms. The number of amides is 4. The summed E-state index contributed by atoms with van der Waals surface area (Å²) in [6, 6.07) is -2.74. The van der Waals surface area contributed by atoms with E-state index in [4.69, 9.17) is 5.73 Å². The van der Waals surface area contributed by atoms with Gasteiger partial charge in [0.25, 0.3) is 5.91 Å². The van der Waals surface area contributed by atoms with Crippen LogP contribution in [0.2, 0.25) is 0 Å². The smallest absolute Gasteiger partial charge is 0.272 e. The first-order chi connectivity index (χ1) is 15.0. The summed E-state index contributed by atoms with van der Waals surface area (Å²) in [5.74, 6) is -2.44. The fourth-order valence-corrected chi connectivity index (χ4v) is 3.78. The Morgan fingerprint density at radius 2 is 1.84 bits per heavy atom. The first-order valence-corrected chi connectivity index (χ1v) is 10.6. The third kappa shape index (κ3) is 5.49. The van der Waals surface area contributed by atoms with Crippen molar-refractivity contribution in [2.24, 2.45) is 23.5 Å². The van der Waals surface area contributed by atoms with Crippen LogP contribution in [0.15, 0.2) is 30.7 Å². The highest BCUT2D eigenvalue weighted by atomic mass is 16.2. The molecule has 1 aromatic rings. The van der Waals surface area contributed by atoms with Crippen LogP contribution in [-0.4, -0.2) is 63.2 Å². The summed E-state index contributed by atoms with van der Waals surface area (Å²) in [5.41, 5.74) is 6.03. The third-order valence-corrected chi connectivity index (χ3v) is 5.85. The maximum atomic E-state index is 13.3. The Kier molecular flexibility index (Phi) is 8.07. The molecule has 2 heterocycles. The molecule has 0 aromatic carbocycles. The number of likely N-dealkylation sites (tertiary alicyclic amines) is 1. The lowest BCUT2D eigenvalue weighted by atomic mass is 9.94. The molecular formula is C22H32N6O4. The van der Waals surface area contributed by atoms with Crippen LogP contribution < -0.4 is 16.4 Å². The second-order valence-electron chi connectivity index (χ2n) is 8.75. The second-order valence-corrected chi connectivity index (χ2v) is 8.75. The summed E-state index contributed by atoms with van der Waals surface area (Å²) < 4.78 is 0. The predicted octanol–water partition coefficient (Wildman–Crippen LogP) is 0.260. The fourth-order valence-electron chi connectivity index (χ4n) is 3.78. The molecule has 10 heteroatoms. The number of carbonyl (C=O) groups excluding carboxylic acids is 4. The van der Waals surface area contributed by atoms with Crippen LogP contribution in [0, 0.1) is 17.8 Å². The Hall–Kier alpha value is -3.30. The van der Waals surface area contributed by atoms with E-state index < -0.39 is 41.8 Å². The van der Waals surface area contributed by atoms with Crippen LogP contribution in [-0.2, 0) is 14.4 Å². The first kappa shape index (κ1) is 25.0. The van der Waals surface area contributed by atoms with Gasteiger partial charge in [0.1, 0.15) is 23.8 Å². The van der Waals surface area contributed by atoms with Gasteiger partial charge in [-0.05, 0) is 30.3 Å². The molecule has 1 saturated heterocycles. The molecule has 0 radical (unpaired) electrons. The molecule has 0 unspecified atom stereocenters. The minimum absolute atomic E-state index is 0.0721. The van der Waals surface area contributed by atoms with Gasteiger partial charge in [0.2, 0.25) is 17.7 Å². The number of rotatable bonds is 8. The van der Waals surface area contributed by atoms with E-state index in [2.05, 4.69) is 27.2 Å². The van der Waals surface area contributed by atoms with Crippen molar-refractivity contribution in [1.82, 2.24) is 25.5 Å². The monoisotopic (exact) mass is 444 g/mol. The van der Waals surface area contributed by atoms with Gasteiger partial charge in [0.15, 0.2) is 0 Å². The lowest BCUT2D eigenvalue weighted by Crippen LogP contribution is -2.58. The van der Waals surface area contributed by atoms with Crippen molar-refractivity contribution >= 4 is 23.6 Å². The van der Waals surface area contributed by atoms with Crippen LogP contribution in [0.4, 0.5) is 0 Å². The van der Waals surface area contributed by atoms with Gasteiger partial charge in [-0.15, -0.1) is 0 Å². The number of nitrogens with two attached hydrogens (primary N) is 1. The molecule has 1 aliphatic heterocycles. The Labute approximate surface area is 188 Å². The molecule has 10 nitrogen and oxygen atoms in total. The predicted molar refractivity (Wildman–Crippen MR) is 118 cm³/mol. The van der Waals surface area contributed by atoms with E-state index in [1.807, 2.05) is 13.8 Å². The molecular weight excluding hydrogens is 412 g/mol. The maximum Gasteiger partial charge on any atom is 0.272 e. The molecule has 2 rings (SSSR count). The summed E-state index contributed by atoms with van der Waals surface area (Å²) in [6.45, 7) is 13.2. The lowest BCUT2D eigenvalue weighted by molar-refractivity contribution is -0.140. The summed E-state index contributed by atoms with van der Waals surface area (Å²) in [7, 11) is 0. The molecule has 5 atom stereocenters. The molecule has 0 spiro atoms. The van der Waals surface area contributed by atoms with Crippen LogP contribution in [0.1, 0.15) is 45.1 Å². The molecule has 0 aliphatic carbocycles. The van der Waals surface area contributed by atoms with Gasteiger partial charge in [0.05, 0.1) is 6.20 Å². The van der Waals surface area contributed by atoms with Gasteiger partial charge in [0, 0.05) is 18.9 Å². The number of hydrogen-bond acceptors (Lipinski definition) is 6. The quantitative estimate of drug-likeness (QED) is 0.490. The van der Waals surface area contributed by atoms with Gasteiger partial charge in [-0.3, -0.25) is 24.2 Å². The summed E-state index contributed by atoms with van der Waals surface area (Å²) in [5, 5.41) is 5.33. The minimum Gasteiger partial charge on any atom is -0.368 e. The van der Waals surface area contributed by atoms with E-state index in [1.54, 1.807) is 20.8 Å². The zero-order valence-corrected chi connectivity index (χ0v) is 19.2. The van der Waals surface area contributed by atoms with E-state index in [9.17, 15) is 19.2 Å². The number of nitrogens with zero attached hydrogens (tertiary/aromatic N) is 3. The number of hydrogen-bond donors (Lipinski definition) is 3. The molecule has 1 aromatic heterocycles. The van der Waals surface area contributed by atoms with Gasteiger partial charge >= 0.3 is 0 Å². The Bertz CT molecular complexity index is 888.